The maximum absolute atomic E-state index is 12.4. The Labute approximate surface area is 139 Å². The predicted octanol–water partition coefficient (Wildman–Crippen LogP) is 3.30. The molecule has 1 aromatic rings. The van der Waals surface area contributed by atoms with Gasteiger partial charge >= 0.3 is 0 Å². The lowest BCUT2D eigenvalue weighted by molar-refractivity contribution is -0.133. The van der Waals surface area contributed by atoms with E-state index < -0.39 is 0 Å². The molecule has 0 radical (unpaired) electrons. The number of carbonyl (C=O) groups is 2. The third-order valence-corrected chi connectivity index (χ3v) is 4.69. The van der Waals surface area contributed by atoms with Gasteiger partial charge in [-0.15, -0.1) is 0 Å². The minimum absolute atomic E-state index is 0.100. The van der Waals surface area contributed by atoms with E-state index in [9.17, 15) is 9.59 Å². The molecular formula is C19H28N2O2. The van der Waals surface area contributed by atoms with Crippen molar-refractivity contribution < 1.29 is 9.59 Å². The van der Waals surface area contributed by atoms with Crippen LogP contribution >= 0.6 is 0 Å². The highest BCUT2D eigenvalue weighted by Crippen LogP contribution is 2.22. The van der Waals surface area contributed by atoms with Gasteiger partial charge in [-0.25, -0.2) is 0 Å². The summed E-state index contributed by atoms with van der Waals surface area (Å²) in [5.74, 6) is 0.0566. The number of rotatable bonds is 6. The first-order chi connectivity index (χ1) is 11.1. The van der Waals surface area contributed by atoms with E-state index in [1.165, 1.54) is 19.3 Å². The molecule has 0 unspecified atom stereocenters. The molecule has 1 aromatic carbocycles. The van der Waals surface area contributed by atoms with E-state index in [0.717, 1.165) is 24.9 Å². The van der Waals surface area contributed by atoms with Crippen LogP contribution in [-0.2, 0) is 4.79 Å². The van der Waals surface area contributed by atoms with Crippen LogP contribution < -0.4 is 5.32 Å². The molecule has 0 bridgehead atoms. The summed E-state index contributed by atoms with van der Waals surface area (Å²) in [4.78, 5) is 26.6. The van der Waals surface area contributed by atoms with Crippen molar-refractivity contribution in [3.8, 4) is 0 Å². The van der Waals surface area contributed by atoms with Crippen molar-refractivity contribution in [2.24, 2.45) is 0 Å². The van der Waals surface area contributed by atoms with Crippen LogP contribution in [0, 0.1) is 6.92 Å². The average molecular weight is 316 g/mol. The fourth-order valence-electron chi connectivity index (χ4n) is 3.38. The summed E-state index contributed by atoms with van der Waals surface area (Å²) in [5, 5.41) is 2.87. The van der Waals surface area contributed by atoms with Gasteiger partial charge in [0, 0.05) is 31.1 Å². The quantitative estimate of drug-likeness (QED) is 0.875. The number of nitrogens with one attached hydrogen (secondary N) is 1. The van der Waals surface area contributed by atoms with Gasteiger partial charge in [0.25, 0.3) is 5.91 Å². The molecule has 0 aromatic heterocycles. The van der Waals surface area contributed by atoms with Gasteiger partial charge in [0.15, 0.2) is 0 Å². The van der Waals surface area contributed by atoms with Gasteiger partial charge in [-0.3, -0.25) is 9.59 Å². The first kappa shape index (κ1) is 17.5. The van der Waals surface area contributed by atoms with E-state index >= 15 is 0 Å². The molecule has 4 nitrogen and oxygen atoms in total. The Balaban J connectivity index is 1.81. The molecule has 0 spiro atoms. The number of hydrogen-bond donors (Lipinski definition) is 1. The largest absolute Gasteiger partial charge is 0.352 e. The Morgan fingerprint density at radius 2 is 1.87 bits per heavy atom. The van der Waals surface area contributed by atoms with Gasteiger partial charge < -0.3 is 10.2 Å². The Hall–Kier alpha value is -1.84. The SMILES string of the molecule is CCN(C(=O)CCNC(=O)c1ccccc1C)C1CCCCC1. The second-order valence-corrected chi connectivity index (χ2v) is 6.29. The van der Waals surface area contributed by atoms with Gasteiger partial charge in [0.05, 0.1) is 0 Å². The zero-order chi connectivity index (χ0) is 16.7. The second-order valence-electron chi connectivity index (χ2n) is 6.29. The van der Waals surface area contributed by atoms with Crippen LogP contribution in [0.15, 0.2) is 24.3 Å². The van der Waals surface area contributed by atoms with E-state index in [2.05, 4.69) is 5.32 Å². The van der Waals surface area contributed by atoms with Crippen molar-refractivity contribution in [2.45, 2.75) is 58.4 Å². The second kappa shape index (κ2) is 8.70. The van der Waals surface area contributed by atoms with Crippen molar-refractivity contribution in [3.63, 3.8) is 0 Å². The van der Waals surface area contributed by atoms with Gasteiger partial charge in [-0.05, 0) is 38.3 Å². The molecule has 0 atom stereocenters. The lowest BCUT2D eigenvalue weighted by atomic mass is 9.94. The Morgan fingerprint density at radius 3 is 2.52 bits per heavy atom. The molecule has 1 aliphatic carbocycles. The first-order valence-corrected chi connectivity index (χ1v) is 8.76. The molecule has 1 saturated carbocycles. The molecule has 23 heavy (non-hydrogen) atoms. The van der Waals surface area contributed by atoms with E-state index in [4.69, 9.17) is 0 Å². The lowest BCUT2D eigenvalue weighted by Crippen LogP contribution is -2.42. The number of benzene rings is 1. The van der Waals surface area contributed by atoms with Crippen molar-refractivity contribution in [1.29, 1.82) is 0 Å². The third-order valence-electron chi connectivity index (χ3n) is 4.69. The first-order valence-electron chi connectivity index (χ1n) is 8.76. The van der Waals surface area contributed by atoms with Gasteiger partial charge in [-0.2, -0.15) is 0 Å². The summed E-state index contributed by atoms with van der Waals surface area (Å²) in [6.45, 7) is 5.12. The number of aryl methyl sites for hydroxylation is 1. The Kier molecular flexibility index (Phi) is 6.63. The number of nitrogens with zero attached hydrogens (tertiary/aromatic N) is 1. The predicted molar refractivity (Wildman–Crippen MR) is 92.4 cm³/mol. The molecule has 0 saturated heterocycles. The minimum atomic E-state index is -0.100. The van der Waals surface area contributed by atoms with Crippen LogP contribution in [0.2, 0.25) is 0 Å². The topological polar surface area (TPSA) is 49.4 Å². The van der Waals surface area contributed by atoms with Gasteiger partial charge in [0.1, 0.15) is 0 Å². The number of hydrogen-bond acceptors (Lipinski definition) is 2. The number of amides is 2. The molecule has 1 aliphatic rings. The van der Waals surface area contributed by atoms with E-state index in [1.54, 1.807) is 0 Å². The van der Waals surface area contributed by atoms with Crippen molar-refractivity contribution >= 4 is 11.8 Å². The normalized spacial score (nSPS) is 15.2. The highest BCUT2D eigenvalue weighted by molar-refractivity contribution is 5.95. The summed E-state index contributed by atoms with van der Waals surface area (Å²) in [6.07, 6.45) is 6.35. The van der Waals surface area contributed by atoms with Crippen LogP contribution in [0.3, 0.4) is 0 Å². The molecule has 1 fully saturated rings. The van der Waals surface area contributed by atoms with E-state index in [1.807, 2.05) is 43.0 Å². The maximum Gasteiger partial charge on any atom is 0.251 e. The summed E-state index contributed by atoms with van der Waals surface area (Å²) < 4.78 is 0. The highest BCUT2D eigenvalue weighted by atomic mass is 16.2. The molecule has 2 rings (SSSR count). The van der Waals surface area contributed by atoms with Crippen LogP contribution in [-0.4, -0.2) is 35.8 Å². The molecular weight excluding hydrogens is 288 g/mol. The van der Waals surface area contributed by atoms with E-state index in [-0.39, 0.29) is 11.8 Å². The van der Waals surface area contributed by atoms with E-state index in [0.29, 0.717) is 24.6 Å². The molecule has 126 valence electrons. The standard InChI is InChI=1S/C19H28N2O2/c1-3-21(16-10-5-4-6-11-16)18(22)13-14-20-19(23)17-12-8-7-9-15(17)2/h7-9,12,16H,3-6,10-11,13-14H2,1-2H3,(H,20,23). The maximum atomic E-state index is 12.4. The number of carbonyl (C=O) groups excluding carboxylic acids is 2. The molecule has 0 heterocycles. The summed E-state index contributed by atoms with van der Waals surface area (Å²) >= 11 is 0. The highest BCUT2D eigenvalue weighted by Gasteiger charge is 2.23. The van der Waals surface area contributed by atoms with Crippen LogP contribution in [0.25, 0.3) is 0 Å². The van der Waals surface area contributed by atoms with Crippen LogP contribution in [0.4, 0.5) is 0 Å². The molecule has 1 N–H and O–H groups in total. The molecule has 2 amide bonds. The lowest BCUT2D eigenvalue weighted by Gasteiger charge is -2.33. The zero-order valence-electron chi connectivity index (χ0n) is 14.3. The van der Waals surface area contributed by atoms with Crippen molar-refractivity contribution in [2.75, 3.05) is 13.1 Å². The summed E-state index contributed by atoms with van der Waals surface area (Å²) in [5.41, 5.74) is 1.63. The third kappa shape index (κ3) is 4.81. The van der Waals surface area contributed by atoms with Crippen molar-refractivity contribution in [1.82, 2.24) is 10.2 Å². The minimum Gasteiger partial charge on any atom is -0.352 e. The Morgan fingerprint density at radius 1 is 1.17 bits per heavy atom. The van der Waals surface area contributed by atoms with Gasteiger partial charge in [-0.1, -0.05) is 37.5 Å². The van der Waals surface area contributed by atoms with Crippen LogP contribution in [0.5, 0.6) is 0 Å². The summed E-state index contributed by atoms with van der Waals surface area (Å²) in [7, 11) is 0. The average Bonchev–Trinajstić information content (AvgIpc) is 2.57. The summed E-state index contributed by atoms with van der Waals surface area (Å²) in [6, 6.07) is 7.90. The van der Waals surface area contributed by atoms with Crippen molar-refractivity contribution in [3.05, 3.63) is 35.4 Å². The van der Waals surface area contributed by atoms with Gasteiger partial charge in [0.2, 0.25) is 5.91 Å². The Bertz CT molecular complexity index is 536. The fourth-order valence-corrected chi connectivity index (χ4v) is 3.38. The molecule has 0 aliphatic heterocycles. The smallest absolute Gasteiger partial charge is 0.251 e. The fraction of sp³-hybridized carbons (Fsp3) is 0.579. The van der Waals surface area contributed by atoms with Crippen LogP contribution in [0.1, 0.15) is 61.4 Å². The molecule has 4 heteroatoms. The zero-order valence-corrected chi connectivity index (χ0v) is 14.3. The monoisotopic (exact) mass is 316 g/mol.